The van der Waals surface area contributed by atoms with Crippen LogP contribution in [-0.4, -0.2) is 38.4 Å². The van der Waals surface area contributed by atoms with Crippen molar-refractivity contribution < 1.29 is 4.79 Å². The van der Waals surface area contributed by atoms with Crippen LogP contribution in [0.15, 0.2) is 78.5 Å². The van der Waals surface area contributed by atoms with Crippen molar-refractivity contribution in [2.45, 2.75) is 24.7 Å². The highest BCUT2D eigenvalue weighted by molar-refractivity contribution is 7.99. The van der Waals surface area contributed by atoms with Gasteiger partial charge in [0.15, 0.2) is 5.16 Å². The molecule has 0 fully saturated rings. The highest BCUT2D eigenvalue weighted by atomic mass is 32.2. The van der Waals surface area contributed by atoms with Gasteiger partial charge in [-0.25, -0.2) is 0 Å². The Kier molecular flexibility index (Phi) is 7.03. The Balaban J connectivity index is 1.63. The van der Waals surface area contributed by atoms with Gasteiger partial charge in [0.2, 0.25) is 5.91 Å². The molecule has 0 radical (unpaired) electrons. The zero-order chi connectivity index (χ0) is 19.8. The van der Waals surface area contributed by atoms with Crippen LogP contribution in [-0.2, 0) is 24.3 Å². The third kappa shape index (κ3) is 5.33. The van der Waals surface area contributed by atoms with Crippen molar-refractivity contribution in [1.29, 1.82) is 0 Å². The second kappa shape index (κ2) is 9.90. The first kappa shape index (κ1) is 19.9. The largest absolute Gasteiger partial charge is 0.341 e. The summed E-state index contributed by atoms with van der Waals surface area (Å²) >= 11 is 1.42. The SMILES string of the molecule is C=CCn1c(Cc2ccccc2)nnc1SCC(=O)N(C)Cc1ccccc1. The third-order valence-corrected chi connectivity index (χ3v) is 5.27. The van der Waals surface area contributed by atoms with Gasteiger partial charge in [-0.1, -0.05) is 78.5 Å². The Labute approximate surface area is 170 Å². The molecular weight excluding hydrogens is 368 g/mol. The average Bonchev–Trinajstić information content (AvgIpc) is 3.09. The number of carbonyl (C=O) groups excluding carboxylic acids is 1. The fourth-order valence-electron chi connectivity index (χ4n) is 2.83. The molecule has 0 atom stereocenters. The molecule has 1 aromatic heterocycles. The Morgan fingerprint density at radius 2 is 1.71 bits per heavy atom. The van der Waals surface area contributed by atoms with E-state index in [2.05, 4.69) is 28.9 Å². The molecule has 28 heavy (non-hydrogen) atoms. The lowest BCUT2D eigenvalue weighted by Crippen LogP contribution is -2.27. The van der Waals surface area contributed by atoms with Crippen molar-refractivity contribution >= 4 is 17.7 Å². The summed E-state index contributed by atoms with van der Waals surface area (Å²) in [5.74, 6) is 1.26. The summed E-state index contributed by atoms with van der Waals surface area (Å²) in [5.41, 5.74) is 2.29. The Morgan fingerprint density at radius 3 is 2.36 bits per heavy atom. The van der Waals surface area contributed by atoms with E-state index in [1.807, 2.05) is 66.2 Å². The van der Waals surface area contributed by atoms with E-state index >= 15 is 0 Å². The van der Waals surface area contributed by atoms with Crippen molar-refractivity contribution in [1.82, 2.24) is 19.7 Å². The van der Waals surface area contributed by atoms with Crippen LogP contribution in [0.4, 0.5) is 0 Å². The maximum Gasteiger partial charge on any atom is 0.233 e. The molecule has 0 saturated heterocycles. The average molecular weight is 393 g/mol. The highest BCUT2D eigenvalue weighted by Gasteiger charge is 2.16. The topological polar surface area (TPSA) is 51.0 Å². The van der Waals surface area contributed by atoms with Crippen LogP contribution < -0.4 is 0 Å². The first-order chi connectivity index (χ1) is 13.7. The molecular formula is C22H24N4OS. The van der Waals surface area contributed by atoms with Gasteiger partial charge in [-0.05, 0) is 11.1 Å². The van der Waals surface area contributed by atoms with Crippen molar-refractivity contribution in [3.05, 3.63) is 90.3 Å². The summed E-state index contributed by atoms with van der Waals surface area (Å²) in [6.45, 7) is 5.05. The third-order valence-electron chi connectivity index (χ3n) is 4.32. The first-order valence-electron chi connectivity index (χ1n) is 9.15. The standard InChI is InChI=1S/C22H24N4OS/c1-3-14-26-20(15-18-10-6-4-7-11-18)23-24-22(26)28-17-21(27)25(2)16-19-12-8-5-9-13-19/h3-13H,1,14-17H2,2H3. The van der Waals surface area contributed by atoms with Gasteiger partial charge >= 0.3 is 0 Å². The van der Waals surface area contributed by atoms with Gasteiger partial charge in [0.25, 0.3) is 0 Å². The summed E-state index contributed by atoms with van der Waals surface area (Å²) in [4.78, 5) is 14.3. The maximum absolute atomic E-state index is 12.5. The second-order valence-electron chi connectivity index (χ2n) is 6.48. The Bertz CT molecular complexity index is 909. The van der Waals surface area contributed by atoms with Gasteiger partial charge < -0.3 is 9.47 Å². The molecule has 0 aliphatic carbocycles. The summed E-state index contributed by atoms with van der Waals surface area (Å²) in [5, 5.41) is 9.39. The number of thioether (sulfide) groups is 1. The van der Waals surface area contributed by atoms with Crippen LogP contribution in [0.2, 0.25) is 0 Å². The number of aromatic nitrogens is 3. The summed E-state index contributed by atoms with van der Waals surface area (Å²) in [7, 11) is 1.82. The zero-order valence-electron chi connectivity index (χ0n) is 16.0. The molecule has 0 aliphatic heterocycles. The molecule has 0 saturated carbocycles. The van der Waals surface area contributed by atoms with Gasteiger partial charge in [0.05, 0.1) is 5.75 Å². The zero-order valence-corrected chi connectivity index (χ0v) is 16.8. The quantitative estimate of drug-likeness (QED) is 0.410. The monoisotopic (exact) mass is 392 g/mol. The predicted molar refractivity (Wildman–Crippen MR) is 113 cm³/mol. The van der Waals surface area contributed by atoms with Gasteiger partial charge in [-0.2, -0.15) is 0 Å². The van der Waals surface area contributed by atoms with Gasteiger partial charge in [0, 0.05) is 26.6 Å². The van der Waals surface area contributed by atoms with Crippen LogP contribution in [0.1, 0.15) is 17.0 Å². The van der Waals surface area contributed by atoms with Gasteiger partial charge in [-0.3, -0.25) is 4.79 Å². The Morgan fingerprint density at radius 1 is 1.07 bits per heavy atom. The molecule has 0 N–H and O–H groups in total. The van der Waals surface area contributed by atoms with Crippen LogP contribution in [0.25, 0.3) is 0 Å². The van der Waals surface area contributed by atoms with Gasteiger partial charge in [-0.15, -0.1) is 16.8 Å². The normalized spacial score (nSPS) is 10.6. The molecule has 3 rings (SSSR count). The molecule has 1 amide bonds. The minimum Gasteiger partial charge on any atom is -0.341 e. The van der Waals surface area contributed by atoms with E-state index in [1.165, 1.54) is 17.3 Å². The maximum atomic E-state index is 12.5. The lowest BCUT2D eigenvalue weighted by atomic mass is 10.1. The van der Waals surface area contributed by atoms with E-state index in [0.717, 1.165) is 16.5 Å². The van der Waals surface area contributed by atoms with Crippen LogP contribution >= 0.6 is 11.8 Å². The molecule has 144 valence electrons. The summed E-state index contributed by atoms with van der Waals surface area (Å²) in [6.07, 6.45) is 2.52. The first-order valence-corrected chi connectivity index (χ1v) is 10.1. The van der Waals surface area contributed by atoms with Crippen molar-refractivity contribution in [2.24, 2.45) is 0 Å². The number of hydrogen-bond donors (Lipinski definition) is 0. The molecule has 6 heteroatoms. The van der Waals surface area contributed by atoms with E-state index < -0.39 is 0 Å². The minimum absolute atomic E-state index is 0.0617. The number of benzene rings is 2. The van der Waals surface area contributed by atoms with E-state index in [1.54, 1.807) is 4.90 Å². The molecule has 0 spiro atoms. The number of amides is 1. The summed E-state index contributed by atoms with van der Waals surface area (Å²) < 4.78 is 2.02. The fourth-order valence-corrected chi connectivity index (χ4v) is 3.74. The number of allylic oxidation sites excluding steroid dienone is 1. The number of hydrogen-bond acceptors (Lipinski definition) is 4. The molecule has 2 aromatic carbocycles. The second-order valence-corrected chi connectivity index (χ2v) is 7.43. The van der Waals surface area contributed by atoms with Crippen LogP contribution in [0, 0.1) is 0 Å². The van der Waals surface area contributed by atoms with E-state index in [0.29, 0.717) is 25.3 Å². The van der Waals surface area contributed by atoms with E-state index in [-0.39, 0.29) is 5.91 Å². The molecule has 3 aromatic rings. The van der Waals surface area contributed by atoms with E-state index in [4.69, 9.17) is 0 Å². The molecule has 0 aliphatic rings. The number of rotatable bonds is 9. The number of nitrogens with zero attached hydrogens (tertiary/aromatic N) is 4. The van der Waals surface area contributed by atoms with Crippen molar-refractivity contribution in [2.75, 3.05) is 12.8 Å². The smallest absolute Gasteiger partial charge is 0.233 e. The summed E-state index contributed by atoms with van der Waals surface area (Å²) in [6, 6.07) is 20.1. The van der Waals surface area contributed by atoms with Crippen LogP contribution in [0.3, 0.4) is 0 Å². The van der Waals surface area contributed by atoms with E-state index in [9.17, 15) is 4.79 Å². The number of carbonyl (C=O) groups is 1. The fraction of sp³-hybridized carbons (Fsp3) is 0.227. The minimum atomic E-state index is 0.0617. The lowest BCUT2D eigenvalue weighted by Gasteiger charge is -2.17. The lowest BCUT2D eigenvalue weighted by molar-refractivity contribution is -0.127. The highest BCUT2D eigenvalue weighted by Crippen LogP contribution is 2.20. The van der Waals surface area contributed by atoms with Crippen LogP contribution in [0.5, 0.6) is 0 Å². The molecule has 0 unspecified atom stereocenters. The van der Waals surface area contributed by atoms with Crippen molar-refractivity contribution in [3.8, 4) is 0 Å². The molecule has 1 heterocycles. The van der Waals surface area contributed by atoms with Gasteiger partial charge in [0.1, 0.15) is 5.82 Å². The molecule has 0 bridgehead atoms. The Hall–Kier alpha value is -2.86. The molecule has 5 nitrogen and oxygen atoms in total. The predicted octanol–water partition coefficient (Wildman–Crippen LogP) is 3.81. The van der Waals surface area contributed by atoms with Crippen molar-refractivity contribution in [3.63, 3.8) is 0 Å².